The van der Waals surface area contributed by atoms with Crippen LogP contribution in [0.5, 0.6) is 0 Å². The van der Waals surface area contributed by atoms with Crippen LogP contribution in [0, 0.1) is 25.6 Å². The van der Waals surface area contributed by atoms with Crippen LogP contribution in [0.4, 0.5) is 14.9 Å². The van der Waals surface area contributed by atoms with Gasteiger partial charge in [-0.05, 0) is 68.9 Å². The molecule has 0 radical (unpaired) electrons. The van der Waals surface area contributed by atoms with E-state index in [1.165, 1.54) is 6.07 Å². The maximum atomic E-state index is 13.5. The molecule has 2 amide bonds. The molecule has 0 aliphatic carbocycles. The molecule has 6 nitrogen and oxygen atoms in total. The molecule has 0 unspecified atom stereocenters. The van der Waals surface area contributed by atoms with Crippen molar-refractivity contribution in [2.75, 3.05) is 25.0 Å². The second kappa shape index (κ2) is 9.57. The predicted octanol–water partition coefficient (Wildman–Crippen LogP) is 4.06. The number of piperidine rings is 1. The summed E-state index contributed by atoms with van der Waals surface area (Å²) >= 11 is 0. The van der Waals surface area contributed by atoms with E-state index in [0.717, 1.165) is 24.8 Å². The van der Waals surface area contributed by atoms with Gasteiger partial charge in [0.1, 0.15) is 5.82 Å². The molecule has 2 aromatic carbocycles. The molecule has 2 N–H and O–H groups in total. The van der Waals surface area contributed by atoms with E-state index in [1.54, 1.807) is 47.6 Å². The van der Waals surface area contributed by atoms with Gasteiger partial charge in [-0.1, -0.05) is 23.8 Å². The number of hydrogen-bond donors (Lipinski definition) is 2. The van der Waals surface area contributed by atoms with Crippen LogP contribution >= 0.6 is 0 Å². The molecular formula is C22H28FN3O3S. The highest BCUT2D eigenvalue weighted by Crippen LogP contribution is 2.25. The maximum absolute atomic E-state index is 13.5. The number of aryl methyl sites for hydroxylation is 2. The highest BCUT2D eigenvalue weighted by Gasteiger charge is 2.29. The minimum absolute atomic E-state index is 0.331. The number of carbonyl (C=O) groups excluding carboxylic acids is 1. The fourth-order valence-corrected chi connectivity index (χ4v) is 5.00. The van der Waals surface area contributed by atoms with Crippen molar-refractivity contribution in [3.8, 4) is 0 Å². The number of anilines is 1. The Labute approximate surface area is 177 Å². The van der Waals surface area contributed by atoms with E-state index in [9.17, 15) is 17.6 Å². The van der Waals surface area contributed by atoms with Gasteiger partial charge in [-0.2, -0.15) is 4.31 Å². The Morgan fingerprint density at radius 1 is 1.10 bits per heavy atom. The van der Waals surface area contributed by atoms with Gasteiger partial charge >= 0.3 is 6.03 Å². The molecule has 0 spiro atoms. The van der Waals surface area contributed by atoms with Crippen LogP contribution in [0.25, 0.3) is 0 Å². The van der Waals surface area contributed by atoms with Crippen molar-refractivity contribution in [1.82, 2.24) is 9.62 Å². The Morgan fingerprint density at radius 2 is 1.77 bits per heavy atom. The normalized spacial score (nSPS) is 15.7. The number of rotatable bonds is 6. The number of hydrogen-bond acceptors (Lipinski definition) is 3. The molecule has 1 aliphatic heterocycles. The molecule has 30 heavy (non-hydrogen) atoms. The van der Waals surface area contributed by atoms with Crippen molar-refractivity contribution < 1.29 is 17.6 Å². The number of urea groups is 1. The average Bonchev–Trinajstić information content (AvgIpc) is 2.71. The summed E-state index contributed by atoms with van der Waals surface area (Å²) in [6, 6.07) is 11.1. The molecule has 0 aromatic heterocycles. The van der Waals surface area contributed by atoms with Crippen LogP contribution < -0.4 is 10.6 Å². The SMILES string of the molecule is Cc1ccc(S(=O)(=O)N2CCC(CCNC(=O)Nc3ccc(C)c(F)c3)CC2)cc1. The fourth-order valence-electron chi connectivity index (χ4n) is 3.53. The number of sulfonamides is 1. The molecule has 2 aromatic rings. The molecule has 162 valence electrons. The monoisotopic (exact) mass is 433 g/mol. The zero-order valence-corrected chi connectivity index (χ0v) is 18.1. The first kappa shape index (κ1) is 22.2. The van der Waals surface area contributed by atoms with Crippen LogP contribution in [0.1, 0.15) is 30.4 Å². The Balaban J connectivity index is 1.42. The van der Waals surface area contributed by atoms with Crippen molar-refractivity contribution in [2.24, 2.45) is 5.92 Å². The van der Waals surface area contributed by atoms with Gasteiger partial charge < -0.3 is 10.6 Å². The molecule has 8 heteroatoms. The van der Waals surface area contributed by atoms with Crippen LogP contribution in [0.2, 0.25) is 0 Å². The smallest absolute Gasteiger partial charge is 0.319 e. The minimum atomic E-state index is -3.45. The van der Waals surface area contributed by atoms with E-state index in [2.05, 4.69) is 10.6 Å². The number of amides is 2. The first-order valence-electron chi connectivity index (χ1n) is 10.1. The van der Waals surface area contributed by atoms with E-state index in [0.29, 0.717) is 41.7 Å². The molecule has 0 atom stereocenters. The van der Waals surface area contributed by atoms with Gasteiger partial charge in [-0.25, -0.2) is 17.6 Å². The first-order chi connectivity index (χ1) is 14.3. The lowest BCUT2D eigenvalue weighted by Gasteiger charge is -2.31. The molecule has 1 fully saturated rings. The second-order valence-electron chi connectivity index (χ2n) is 7.79. The lowest BCUT2D eigenvalue weighted by atomic mass is 9.95. The van der Waals surface area contributed by atoms with Crippen molar-refractivity contribution >= 4 is 21.7 Å². The van der Waals surface area contributed by atoms with E-state index in [4.69, 9.17) is 0 Å². The van der Waals surface area contributed by atoms with E-state index in [1.807, 2.05) is 6.92 Å². The first-order valence-corrected chi connectivity index (χ1v) is 11.6. The third-order valence-electron chi connectivity index (χ3n) is 5.50. The summed E-state index contributed by atoms with van der Waals surface area (Å²) in [6.45, 7) is 5.03. The number of benzene rings is 2. The predicted molar refractivity (Wildman–Crippen MR) is 115 cm³/mol. The van der Waals surface area contributed by atoms with Crippen molar-refractivity contribution in [2.45, 2.75) is 38.0 Å². The Kier molecular flexibility index (Phi) is 7.10. The van der Waals surface area contributed by atoms with Crippen LogP contribution in [0.3, 0.4) is 0 Å². The molecule has 1 aliphatic rings. The number of nitrogens with zero attached hydrogens (tertiary/aromatic N) is 1. The molecule has 1 saturated heterocycles. The molecule has 0 saturated carbocycles. The topological polar surface area (TPSA) is 78.5 Å². The second-order valence-corrected chi connectivity index (χ2v) is 9.73. The summed E-state index contributed by atoms with van der Waals surface area (Å²) in [5.74, 6) is -0.00765. The highest BCUT2D eigenvalue weighted by molar-refractivity contribution is 7.89. The lowest BCUT2D eigenvalue weighted by Crippen LogP contribution is -2.39. The number of carbonyl (C=O) groups is 1. The summed E-state index contributed by atoms with van der Waals surface area (Å²) in [5, 5.41) is 5.40. The lowest BCUT2D eigenvalue weighted by molar-refractivity contribution is 0.245. The summed E-state index contributed by atoms with van der Waals surface area (Å²) in [5.41, 5.74) is 1.96. The number of nitrogens with one attached hydrogen (secondary N) is 2. The summed E-state index contributed by atoms with van der Waals surface area (Å²) in [4.78, 5) is 12.3. The summed E-state index contributed by atoms with van der Waals surface area (Å²) < 4.78 is 40.6. The van der Waals surface area contributed by atoms with Gasteiger partial charge in [-0.3, -0.25) is 0 Å². The molecule has 0 bridgehead atoms. The van der Waals surface area contributed by atoms with Gasteiger partial charge in [0.2, 0.25) is 10.0 Å². The zero-order chi connectivity index (χ0) is 21.7. The summed E-state index contributed by atoms with van der Waals surface area (Å²) in [7, 11) is -3.45. The summed E-state index contributed by atoms with van der Waals surface area (Å²) in [6.07, 6.45) is 2.29. The third-order valence-corrected chi connectivity index (χ3v) is 7.41. The molecular weight excluding hydrogens is 405 g/mol. The Morgan fingerprint density at radius 3 is 2.40 bits per heavy atom. The zero-order valence-electron chi connectivity index (χ0n) is 17.3. The standard InChI is InChI=1S/C22H28FN3O3S/c1-16-3-7-20(8-4-16)30(28,29)26-13-10-18(11-14-26)9-12-24-22(27)25-19-6-5-17(2)21(23)15-19/h3-8,15,18H,9-14H2,1-2H3,(H2,24,25,27). The molecule has 3 rings (SSSR count). The molecule has 1 heterocycles. The van der Waals surface area contributed by atoms with E-state index >= 15 is 0 Å². The van der Waals surface area contributed by atoms with Gasteiger partial charge in [0.25, 0.3) is 0 Å². The van der Waals surface area contributed by atoms with Gasteiger partial charge in [0.15, 0.2) is 0 Å². The highest BCUT2D eigenvalue weighted by atomic mass is 32.2. The van der Waals surface area contributed by atoms with E-state index < -0.39 is 10.0 Å². The van der Waals surface area contributed by atoms with Crippen molar-refractivity contribution in [3.05, 3.63) is 59.4 Å². The maximum Gasteiger partial charge on any atom is 0.319 e. The number of halogens is 1. The van der Waals surface area contributed by atoms with Gasteiger partial charge in [-0.15, -0.1) is 0 Å². The quantitative estimate of drug-likeness (QED) is 0.721. The van der Waals surface area contributed by atoms with Crippen molar-refractivity contribution in [3.63, 3.8) is 0 Å². The Bertz CT molecular complexity index is 985. The van der Waals surface area contributed by atoms with E-state index in [-0.39, 0.29) is 11.8 Å². The van der Waals surface area contributed by atoms with Gasteiger partial charge in [0, 0.05) is 25.3 Å². The van der Waals surface area contributed by atoms with Gasteiger partial charge in [0.05, 0.1) is 4.90 Å². The van der Waals surface area contributed by atoms with Crippen LogP contribution in [-0.2, 0) is 10.0 Å². The fraction of sp³-hybridized carbons (Fsp3) is 0.409. The average molecular weight is 434 g/mol. The van der Waals surface area contributed by atoms with Crippen LogP contribution in [-0.4, -0.2) is 38.4 Å². The van der Waals surface area contributed by atoms with Crippen LogP contribution in [0.15, 0.2) is 47.4 Å². The van der Waals surface area contributed by atoms with Crippen molar-refractivity contribution in [1.29, 1.82) is 0 Å². The third kappa shape index (κ3) is 5.58. The Hall–Kier alpha value is -2.45. The minimum Gasteiger partial charge on any atom is -0.338 e. The largest absolute Gasteiger partial charge is 0.338 e.